The van der Waals surface area contributed by atoms with Crippen LogP contribution in [0, 0.1) is 0 Å². The lowest BCUT2D eigenvalue weighted by Crippen LogP contribution is -2.26. The molecule has 0 spiro atoms. The van der Waals surface area contributed by atoms with E-state index in [1.54, 1.807) is 11.3 Å². The third kappa shape index (κ3) is 6.30. The van der Waals surface area contributed by atoms with Crippen molar-refractivity contribution in [2.75, 3.05) is 13.2 Å². The van der Waals surface area contributed by atoms with Crippen LogP contribution in [0.1, 0.15) is 25.6 Å². The van der Waals surface area contributed by atoms with Gasteiger partial charge in [-0.3, -0.25) is 0 Å². The SMILES string of the molecule is CC(C)(C)OCCNCc1ccc(Br)s1. The topological polar surface area (TPSA) is 21.3 Å². The highest BCUT2D eigenvalue weighted by molar-refractivity contribution is 9.11. The van der Waals surface area contributed by atoms with E-state index in [2.05, 4.69) is 54.2 Å². The third-order valence-electron chi connectivity index (χ3n) is 1.74. The number of hydrogen-bond donors (Lipinski definition) is 1. The van der Waals surface area contributed by atoms with Crippen molar-refractivity contribution in [3.8, 4) is 0 Å². The van der Waals surface area contributed by atoms with Crippen LogP contribution in [0.25, 0.3) is 0 Å². The number of halogens is 1. The molecule has 0 fully saturated rings. The molecule has 0 unspecified atom stereocenters. The van der Waals surface area contributed by atoms with E-state index in [0.29, 0.717) is 0 Å². The molecule has 0 bridgehead atoms. The maximum absolute atomic E-state index is 5.60. The van der Waals surface area contributed by atoms with Crippen LogP contribution < -0.4 is 5.32 Å². The van der Waals surface area contributed by atoms with Gasteiger partial charge in [0, 0.05) is 18.0 Å². The molecule has 0 aliphatic carbocycles. The predicted octanol–water partition coefficient (Wildman–Crippen LogP) is 3.42. The monoisotopic (exact) mass is 291 g/mol. The average Bonchev–Trinajstić information content (AvgIpc) is 2.49. The minimum atomic E-state index is -0.0341. The third-order valence-corrected chi connectivity index (χ3v) is 3.37. The molecule has 0 saturated carbocycles. The fourth-order valence-electron chi connectivity index (χ4n) is 1.09. The fraction of sp³-hybridized carbons (Fsp3) is 0.636. The minimum absolute atomic E-state index is 0.0341. The quantitative estimate of drug-likeness (QED) is 0.840. The minimum Gasteiger partial charge on any atom is -0.375 e. The molecule has 0 aromatic carbocycles. The van der Waals surface area contributed by atoms with Crippen LogP contribution in [-0.2, 0) is 11.3 Å². The van der Waals surface area contributed by atoms with Gasteiger partial charge in [-0.2, -0.15) is 0 Å². The van der Waals surface area contributed by atoms with E-state index < -0.39 is 0 Å². The van der Waals surface area contributed by atoms with Gasteiger partial charge in [-0.1, -0.05) is 0 Å². The molecule has 2 nitrogen and oxygen atoms in total. The second-order valence-corrected chi connectivity index (χ2v) is 6.89. The second-order valence-electron chi connectivity index (χ2n) is 4.34. The van der Waals surface area contributed by atoms with Crippen molar-refractivity contribution in [3.05, 3.63) is 20.8 Å². The van der Waals surface area contributed by atoms with Crippen LogP contribution in [0.3, 0.4) is 0 Å². The number of nitrogens with one attached hydrogen (secondary N) is 1. The zero-order valence-corrected chi connectivity index (χ0v) is 11.9. The molecule has 1 aromatic heterocycles. The first-order chi connectivity index (χ1) is 6.97. The average molecular weight is 292 g/mol. The van der Waals surface area contributed by atoms with Gasteiger partial charge in [0.05, 0.1) is 16.0 Å². The summed E-state index contributed by atoms with van der Waals surface area (Å²) >= 11 is 5.21. The Bertz CT molecular complexity index is 293. The predicted molar refractivity (Wildman–Crippen MR) is 69.4 cm³/mol. The zero-order chi connectivity index (χ0) is 11.3. The molecule has 0 atom stereocenters. The molecule has 0 saturated heterocycles. The molecule has 1 N–H and O–H groups in total. The molecule has 1 aromatic rings. The lowest BCUT2D eigenvalue weighted by atomic mass is 10.2. The van der Waals surface area contributed by atoms with Crippen molar-refractivity contribution in [2.24, 2.45) is 0 Å². The van der Waals surface area contributed by atoms with Gasteiger partial charge in [0.25, 0.3) is 0 Å². The van der Waals surface area contributed by atoms with E-state index in [1.807, 2.05) is 0 Å². The van der Waals surface area contributed by atoms with Crippen molar-refractivity contribution in [3.63, 3.8) is 0 Å². The van der Waals surface area contributed by atoms with E-state index in [4.69, 9.17) is 4.74 Å². The van der Waals surface area contributed by atoms with Crippen LogP contribution in [0.2, 0.25) is 0 Å². The Morgan fingerprint density at radius 1 is 1.40 bits per heavy atom. The molecule has 4 heteroatoms. The summed E-state index contributed by atoms with van der Waals surface area (Å²) < 4.78 is 6.79. The van der Waals surface area contributed by atoms with Gasteiger partial charge >= 0.3 is 0 Å². The van der Waals surface area contributed by atoms with Gasteiger partial charge in [0.15, 0.2) is 0 Å². The fourth-order valence-corrected chi connectivity index (χ4v) is 2.54. The molecule has 0 amide bonds. The molecule has 86 valence electrons. The van der Waals surface area contributed by atoms with E-state index in [9.17, 15) is 0 Å². The Balaban J connectivity index is 2.07. The largest absolute Gasteiger partial charge is 0.375 e. The molecule has 1 heterocycles. The Morgan fingerprint density at radius 3 is 2.67 bits per heavy atom. The standard InChI is InChI=1S/C11H18BrNOS/c1-11(2,3)14-7-6-13-8-9-4-5-10(12)15-9/h4-5,13H,6-8H2,1-3H3. The summed E-state index contributed by atoms with van der Waals surface area (Å²) in [7, 11) is 0. The summed E-state index contributed by atoms with van der Waals surface area (Å²) in [5.41, 5.74) is -0.0341. The van der Waals surface area contributed by atoms with Gasteiger partial charge in [-0.15, -0.1) is 11.3 Å². The molecule has 15 heavy (non-hydrogen) atoms. The maximum atomic E-state index is 5.60. The molecule has 0 radical (unpaired) electrons. The smallest absolute Gasteiger partial charge is 0.0701 e. The van der Waals surface area contributed by atoms with Crippen molar-refractivity contribution >= 4 is 27.3 Å². The molecule has 0 aliphatic heterocycles. The van der Waals surface area contributed by atoms with Crippen molar-refractivity contribution in [1.29, 1.82) is 0 Å². The number of ether oxygens (including phenoxy) is 1. The summed E-state index contributed by atoms with van der Waals surface area (Å²) in [6, 6.07) is 4.21. The van der Waals surface area contributed by atoms with Crippen LogP contribution in [0.15, 0.2) is 15.9 Å². The Hall–Kier alpha value is 0.1000. The van der Waals surface area contributed by atoms with Crippen LogP contribution >= 0.6 is 27.3 Å². The molecular formula is C11H18BrNOS. The lowest BCUT2D eigenvalue weighted by Gasteiger charge is -2.19. The van der Waals surface area contributed by atoms with Crippen LogP contribution in [-0.4, -0.2) is 18.8 Å². The summed E-state index contributed by atoms with van der Waals surface area (Å²) in [6.07, 6.45) is 0. The Morgan fingerprint density at radius 2 is 2.13 bits per heavy atom. The van der Waals surface area contributed by atoms with E-state index in [0.717, 1.165) is 19.7 Å². The van der Waals surface area contributed by atoms with E-state index in [-0.39, 0.29) is 5.60 Å². The maximum Gasteiger partial charge on any atom is 0.0701 e. The summed E-state index contributed by atoms with van der Waals surface area (Å²) in [5, 5.41) is 3.35. The van der Waals surface area contributed by atoms with E-state index >= 15 is 0 Å². The number of thiophene rings is 1. The normalized spacial score (nSPS) is 12.0. The first-order valence-corrected chi connectivity index (χ1v) is 6.67. The number of hydrogen-bond acceptors (Lipinski definition) is 3. The highest BCUT2D eigenvalue weighted by atomic mass is 79.9. The van der Waals surface area contributed by atoms with Crippen molar-refractivity contribution in [1.82, 2.24) is 5.32 Å². The first kappa shape index (κ1) is 13.2. The highest BCUT2D eigenvalue weighted by Gasteiger charge is 2.08. The Labute approximate surface area is 104 Å². The van der Waals surface area contributed by atoms with E-state index in [1.165, 1.54) is 8.66 Å². The first-order valence-electron chi connectivity index (χ1n) is 5.06. The van der Waals surface area contributed by atoms with Crippen molar-refractivity contribution < 1.29 is 4.74 Å². The number of rotatable bonds is 5. The summed E-state index contributed by atoms with van der Waals surface area (Å²) in [4.78, 5) is 1.35. The molecular weight excluding hydrogens is 274 g/mol. The van der Waals surface area contributed by atoms with Gasteiger partial charge in [0.1, 0.15) is 0 Å². The van der Waals surface area contributed by atoms with Crippen molar-refractivity contribution in [2.45, 2.75) is 32.9 Å². The summed E-state index contributed by atoms with van der Waals surface area (Å²) in [5.74, 6) is 0. The zero-order valence-electron chi connectivity index (χ0n) is 9.47. The summed E-state index contributed by atoms with van der Waals surface area (Å²) in [6.45, 7) is 8.79. The van der Waals surface area contributed by atoms with Gasteiger partial charge in [-0.05, 0) is 48.8 Å². The Kier molecular flexibility index (Phi) is 5.26. The van der Waals surface area contributed by atoms with Crippen LogP contribution in [0.4, 0.5) is 0 Å². The highest BCUT2D eigenvalue weighted by Crippen LogP contribution is 2.21. The molecule has 0 aliphatic rings. The van der Waals surface area contributed by atoms with Gasteiger partial charge in [0.2, 0.25) is 0 Å². The second kappa shape index (κ2) is 5.99. The van der Waals surface area contributed by atoms with Gasteiger partial charge < -0.3 is 10.1 Å². The van der Waals surface area contributed by atoms with Crippen LogP contribution in [0.5, 0.6) is 0 Å². The molecule has 1 rings (SSSR count). The van der Waals surface area contributed by atoms with Gasteiger partial charge in [-0.25, -0.2) is 0 Å². The lowest BCUT2D eigenvalue weighted by molar-refractivity contribution is -0.000868.